The van der Waals surface area contributed by atoms with E-state index in [4.69, 9.17) is 0 Å². The molecule has 22 heavy (non-hydrogen) atoms. The fourth-order valence-corrected chi connectivity index (χ4v) is 2.18. The van der Waals surface area contributed by atoms with Gasteiger partial charge in [0, 0.05) is 18.1 Å². The van der Waals surface area contributed by atoms with Crippen LogP contribution in [-0.2, 0) is 9.53 Å². The van der Waals surface area contributed by atoms with Gasteiger partial charge >= 0.3 is 5.97 Å². The summed E-state index contributed by atoms with van der Waals surface area (Å²) in [5.41, 5.74) is 3.83. The lowest BCUT2D eigenvalue weighted by Gasteiger charge is -2.05. The first kappa shape index (κ1) is 17.9. The molecular formula is C19H24O3. The minimum Gasteiger partial charge on any atom is -0.466 e. The third kappa shape index (κ3) is 6.08. The molecule has 0 aromatic heterocycles. The van der Waals surface area contributed by atoms with Crippen LogP contribution in [0.4, 0.5) is 0 Å². The average molecular weight is 300 g/mol. The molecule has 0 radical (unpaired) electrons. The Hall–Kier alpha value is -2.16. The highest BCUT2D eigenvalue weighted by atomic mass is 16.5. The summed E-state index contributed by atoms with van der Waals surface area (Å²) in [6, 6.07) is 7.65. The Morgan fingerprint density at radius 2 is 1.82 bits per heavy atom. The molecule has 1 rings (SSSR count). The summed E-state index contributed by atoms with van der Waals surface area (Å²) in [7, 11) is 1.37. The van der Waals surface area contributed by atoms with Crippen molar-refractivity contribution in [3.8, 4) is 0 Å². The molecule has 3 nitrogen and oxygen atoms in total. The number of carbonyl (C=O) groups excluding carboxylic acids is 2. The van der Waals surface area contributed by atoms with Crippen LogP contribution in [0.1, 0.15) is 49.0 Å². The van der Waals surface area contributed by atoms with Crippen molar-refractivity contribution < 1.29 is 14.3 Å². The Balaban J connectivity index is 2.53. The third-order valence-electron chi connectivity index (χ3n) is 3.48. The van der Waals surface area contributed by atoms with Crippen molar-refractivity contribution in [1.82, 2.24) is 0 Å². The maximum Gasteiger partial charge on any atom is 0.330 e. The fourth-order valence-electron chi connectivity index (χ4n) is 2.18. The first-order chi connectivity index (χ1) is 10.4. The number of ketones is 1. The fraction of sp³-hybridized carbons (Fsp3) is 0.368. The summed E-state index contributed by atoms with van der Waals surface area (Å²) >= 11 is 0. The zero-order valence-electron chi connectivity index (χ0n) is 13.8. The van der Waals surface area contributed by atoms with Crippen LogP contribution in [-0.4, -0.2) is 18.9 Å². The number of carbonyl (C=O) groups is 2. The highest BCUT2D eigenvalue weighted by molar-refractivity contribution is 5.98. The summed E-state index contributed by atoms with van der Waals surface area (Å²) in [5, 5.41) is 0. The Morgan fingerprint density at radius 3 is 2.45 bits per heavy atom. The van der Waals surface area contributed by atoms with Crippen molar-refractivity contribution in [2.75, 3.05) is 7.11 Å². The SMILES string of the molecule is COC(=O)/C=C(\C)CCC=C(C)CC(=O)c1ccccc1C. The summed E-state index contributed by atoms with van der Waals surface area (Å²) in [5.74, 6) is -0.179. The molecule has 0 saturated carbocycles. The monoisotopic (exact) mass is 300 g/mol. The Kier molecular flexibility index (Phi) is 7.30. The summed E-state index contributed by atoms with van der Waals surface area (Å²) in [6.07, 6.45) is 5.59. The van der Waals surface area contributed by atoms with Gasteiger partial charge in [-0.15, -0.1) is 0 Å². The molecule has 0 amide bonds. The molecule has 0 saturated heterocycles. The standard InChI is InChI=1S/C19H24O3/c1-14(8-7-9-15(2)13-19(21)22-4)12-18(20)17-11-6-5-10-16(17)3/h5-6,8,10-11,13H,7,9,12H2,1-4H3/b14-8?,15-13+. The molecule has 0 spiro atoms. The molecule has 0 aliphatic carbocycles. The van der Waals surface area contributed by atoms with Crippen LogP contribution < -0.4 is 0 Å². The van der Waals surface area contributed by atoms with Gasteiger partial charge in [-0.2, -0.15) is 0 Å². The zero-order chi connectivity index (χ0) is 16.5. The van der Waals surface area contributed by atoms with Gasteiger partial charge in [-0.25, -0.2) is 4.79 Å². The lowest BCUT2D eigenvalue weighted by atomic mass is 9.99. The molecule has 0 aliphatic rings. The average Bonchev–Trinajstić information content (AvgIpc) is 2.47. The van der Waals surface area contributed by atoms with Crippen LogP contribution in [0, 0.1) is 6.92 Å². The van der Waals surface area contributed by atoms with Gasteiger partial charge in [-0.1, -0.05) is 41.5 Å². The van der Waals surface area contributed by atoms with E-state index in [1.54, 1.807) is 0 Å². The Bertz CT molecular complexity index is 594. The molecule has 0 bridgehead atoms. The van der Waals surface area contributed by atoms with Gasteiger partial charge in [-0.3, -0.25) is 4.79 Å². The molecule has 0 fully saturated rings. The molecule has 0 unspecified atom stereocenters. The number of ether oxygens (including phenoxy) is 1. The second kappa shape index (κ2) is 8.98. The number of methoxy groups -OCH3 is 1. The van der Waals surface area contributed by atoms with E-state index in [1.165, 1.54) is 13.2 Å². The van der Waals surface area contributed by atoms with E-state index in [2.05, 4.69) is 10.8 Å². The Morgan fingerprint density at radius 1 is 1.14 bits per heavy atom. The molecule has 0 aliphatic heterocycles. The predicted molar refractivity (Wildman–Crippen MR) is 88.9 cm³/mol. The number of benzene rings is 1. The highest BCUT2D eigenvalue weighted by Gasteiger charge is 2.08. The van der Waals surface area contributed by atoms with Crippen LogP contribution in [0.2, 0.25) is 0 Å². The molecule has 0 atom stereocenters. The summed E-state index contributed by atoms with van der Waals surface area (Å²) in [4.78, 5) is 23.3. The number of rotatable bonds is 7. The van der Waals surface area contributed by atoms with Crippen LogP contribution in [0.15, 0.2) is 47.6 Å². The van der Waals surface area contributed by atoms with Gasteiger partial charge in [-0.05, 0) is 39.2 Å². The zero-order valence-corrected chi connectivity index (χ0v) is 13.8. The largest absolute Gasteiger partial charge is 0.466 e. The normalized spacial score (nSPS) is 12.2. The smallest absolute Gasteiger partial charge is 0.330 e. The Labute approximate surface area is 132 Å². The number of hydrogen-bond donors (Lipinski definition) is 0. The van der Waals surface area contributed by atoms with Gasteiger partial charge in [0.2, 0.25) is 0 Å². The quantitative estimate of drug-likeness (QED) is 0.324. The molecular weight excluding hydrogens is 276 g/mol. The number of allylic oxidation sites excluding steroid dienone is 3. The second-order valence-corrected chi connectivity index (χ2v) is 5.52. The first-order valence-corrected chi connectivity index (χ1v) is 7.43. The molecule has 0 N–H and O–H groups in total. The lowest BCUT2D eigenvalue weighted by Crippen LogP contribution is -2.02. The van der Waals surface area contributed by atoms with Gasteiger partial charge in [0.05, 0.1) is 7.11 Å². The van der Waals surface area contributed by atoms with Crippen molar-refractivity contribution in [2.24, 2.45) is 0 Å². The van der Waals surface area contributed by atoms with E-state index in [-0.39, 0.29) is 11.8 Å². The van der Waals surface area contributed by atoms with Crippen LogP contribution in [0.3, 0.4) is 0 Å². The topological polar surface area (TPSA) is 43.4 Å². The van der Waals surface area contributed by atoms with Crippen LogP contribution in [0.25, 0.3) is 0 Å². The van der Waals surface area contributed by atoms with Gasteiger partial charge < -0.3 is 4.74 Å². The van der Waals surface area contributed by atoms with E-state index >= 15 is 0 Å². The maximum atomic E-state index is 12.2. The molecule has 1 aromatic carbocycles. The maximum absolute atomic E-state index is 12.2. The molecule has 118 valence electrons. The van der Waals surface area contributed by atoms with Gasteiger partial charge in [0.1, 0.15) is 0 Å². The highest BCUT2D eigenvalue weighted by Crippen LogP contribution is 2.15. The van der Waals surface area contributed by atoms with Crippen molar-refractivity contribution in [2.45, 2.75) is 40.0 Å². The molecule has 0 heterocycles. The van der Waals surface area contributed by atoms with E-state index in [9.17, 15) is 9.59 Å². The number of Topliss-reactive ketones (excluding diaryl/α,β-unsaturated/α-hetero) is 1. The van der Waals surface area contributed by atoms with Crippen molar-refractivity contribution in [3.63, 3.8) is 0 Å². The summed E-state index contributed by atoms with van der Waals surface area (Å²) in [6.45, 7) is 5.82. The van der Waals surface area contributed by atoms with Crippen molar-refractivity contribution in [3.05, 3.63) is 58.7 Å². The minimum absolute atomic E-state index is 0.147. The first-order valence-electron chi connectivity index (χ1n) is 7.43. The number of esters is 1. The van der Waals surface area contributed by atoms with Gasteiger partial charge in [0.25, 0.3) is 0 Å². The molecule has 1 aromatic rings. The van der Waals surface area contributed by atoms with Crippen molar-refractivity contribution >= 4 is 11.8 Å². The number of aryl methyl sites for hydroxylation is 1. The van der Waals surface area contributed by atoms with Crippen LogP contribution >= 0.6 is 0 Å². The van der Waals surface area contributed by atoms with Crippen molar-refractivity contribution in [1.29, 1.82) is 0 Å². The summed E-state index contributed by atoms with van der Waals surface area (Å²) < 4.78 is 4.59. The lowest BCUT2D eigenvalue weighted by molar-refractivity contribution is -0.134. The van der Waals surface area contributed by atoms with E-state index < -0.39 is 0 Å². The minimum atomic E-state index is -0.326. The third-order valence-corrected chi connectivity index (χ3v) is 3.48. The van der Waals surface area contributed by atoms with Crippen LogP contribution in [0.5, 0.6) is 0 Å². The molecule has 3 heteroatoms. The number of hydrogen-bond acceptors (Lipinski definition) is 3. The van der Waals surface area contributed by atoms with E-state index in [0.29, 0.717) is 6.42 Å². The van der Waals surface area contributed by atoms with E-state index in [1.807, 2.05) is 45.0 Å². The second-order valence-electron chi connectivity index (χ2n) is 5.52. The van der Waals surface area contributed by atoms with E-state index in [0.717, 1.165) is 35.1 Å². The predicted octanol–water partition coefficient (Wildman–Crippen LogP) is 4.41. The van der Waals surface area contributed by atoms with Gasteiger partial charge in [0.15, 0.2) is 5.78 Å².